The fourth-order valence-corrected chi connectivity index (χ4v) is 1.53. The summed E-state index contributed by atoms with van der Waals surface area (Å²) in [5.74, 6) is 0.438. The van der Waals surface area contributed by atoms with E-state index in [4.69, 9.17) is 17.3 Å². The van der Waals surface area contributed by atoms with Crippen molar-refractivity contribution in [2.24, 2.45) is 0 Å². The highest BCUT2D eigenvalue weighted by molar-refractivity contribution is 6.30. The molecule has 0 radical (unpaired) electrons. The Morgan fingerprint density at radius 3 is 2.92 bits per heavy atom. The number of rotatable bonds is 0. The summed E-state index contributed by atoms with van der Waals surface area (Å²) in [5, 5.41) is 0.589. The average molecular weight is 182 g/mol. The van der Waals surface area contributed by atoms with Crippen LogP contribution in [0.1, 0.15) is 5.69 Å². The number of imidazole rings is 1. The molecule has 0 aliphatic rings. The van der Waals surface area contributed by atoms with Crippen molar-refractivity contribution in [1.29, 1.82) is 0 Å². The van der Waals surface area contributed by atoms with Gasteiger partial charge in [0.05, 0.1) is 11.2 Å². The number of halogens is 1. The molecule has 0 aromatic carbocycles. The van der Waals surface area contributed by atoms with Crippen LogP contribution in [0.2, 0.25) is 5.15 Å². The fraction of sp³-hybridized carbons (Fsp3) is 0.125. The molecule has 0 spiro atoms. The summed E-state index contributed by atoms with van der Waals surface area (Å²) in [4.78, 5) is 4.11. The Bertz CT molecular complexity index is 433. The average Bonchev–Trinajstić information content (AvgIpc) is 2.29. The van der Waals surface area contributed by atoms with Crippen molar-refractivity contribution in [3.05, 3.63) is 29.0 Å². The van der Waals surface area contributed by atoms with E-state index in [1.165, 1.54) is 0 Å². The molecule has 0 saturated heterocycles. The van der Waals surface area contributed by atoms with Gasteiger partial charge in [0.2, 0.25) is 5.95 Å². The molecule has 2 rings (SSSR count). The Morgan fingerprint density at radius 2 is 2.25 bits per heavy atom. The second-order valence-electron chi connectivity index (χ2n) is 2.62. The van der Waals surface area contributed by atoms with E-state index in [0.29, 0.717) is 11.1 Å². The molecule has 0 unspecified atom stereocenters. The predicted octanol–water partition coefficient (Wildman–Crippen LogP) is 1.88. The third-order valence-electron chi connectivity index (χ3n) is 1.82. The number of pyridine rings is 1. The van der Waals surface area contributed by atoms with Gasteiger partial charge in [-0.25, -0.2) is 4.98 Å². The molecular formula is C8H8ClN3. The minimum absolute atomic E-state index is 0.438. The maximum atomic E-state index is 5.92. The fourth-order valence-electron chi connectivity index (χ4n) is 1.28. The van der Waals surface area contributed by atoms with Crippen molar-refractivity contribution in [2.75, 3.05) is 5.73 Å². The predicted molar refractivity (Wildman–Crippen MR) is 49.4 cm³/mol. The lowest BCUT2D eigenvalue weighted by atomic mass is 10.3. The summed E-state index contributed by atoms with van der Waals surface area (Å²) in [5.41, 5.74) is 7.50. The Balaban J connectivity index is 2.99. The summed E-state index contributed by atoms with van der Waals surface area (Å²) >= 11 is 5.92. The number of nitrogen functional groups attached to an aromatic ring is 1. The monoisotopic (exact) mass is 181 g/mol. The summed E-state index contributed by atoms with van der Waals surface area (Å²) in [6.45, 7) is 1.90. The van der Waals surface area contributed by atoms with Crippen molar-refractivity contribution >= 4 is 23.1 Å². The summed E-state index contributed by atoms with van der Waals surface area (Å²) < 4.78 is 1.72. The quantitative estimate of drug-likeness (QED) is 0.631. The SMILES string of the molecule is Cc1nc(N)n2c(Cl)cccc12. The molecule has 0 aliphatic carbocycles. The molecule has 12 heavy (non-hydrogen) atoms. The lowest BCUT2D eigenvalue weighted by molar-refractivity contribution is 1.17. The molecular weight excluding hydrogens is 174 g/mol. The van der Waals surface area contributed by atoms with Crippen molar-refractivity contribution in [3.63, 3.8) is 0 Å². The molecule has 0 fully saturated rings. The molecule has 0 atom stereocenters. The van der Waals surface area contributed by atoms with Gasteiger partial charge in [-0.3, -0.25) is 4.40 Å². The zero-order valence-electron chi connectivity index (χ0n) is 6.58. The van der Waals surface area contributed by atoms with Crippen LogP contribution in [0.5, 0.6) is 0 Å². The molecule has 0 amide bonds. The van der Waals surface area contributed by atoms with Gasteiger partial charge in [-0.1, -0.05) is 17.7 Å². The van der Waals surface area contributed by atoms with E-state index in [1.807, 2.05) is 19.1 Å². The van der Waals surface area contributed by atoms with Gasteiger partial charge in [-0.15, -0.1) is 0 Å². The van der Waals surface area contributed by atoms with Crippen LogP contribution in [0.25, 0.3) is 5.52 Å². The maximum Gasteiger partial charge on any atom is 0.206 e. The van der Waals surface area contributed by atoms with Gasteiger partial charge in [0, 0.05) is 0 Å². The third kappa shape index (κ3) is 0.865. The van der Waals surface area contributed by atoms with Gasteiger partial charge in [-0.2, -0.15) is 0 Å². The van der Waals surface area contributed by atoms with Crippen LogP contribution >= 0.6 is 11.6 Å². The Morgan fingerprint density at radius 1 is 1.50 bits per heavy atom. The van der Waals surface area contributed by atoms with E-state index in [9.17, 15) is 0 Å². The van der Waals surface area contributed by atoms with E-state index in [0.717, 1.165) is 11.2 Å². The highest BCUT2D eigenvalue weighted by Crippen LogP contribution is 2.19. The third-order valence-corrected chi connectivity index (χ3v) is 2.12. The van der Waals surface area contributed by atoms with Gasteiger partial charge in [0.25, 0.3) is 0 Å². The molecule has 2 heterocycles. The molecule has 2 aromatic rings. The van der Waals surface area contributed by atoms with Crippen LogP contribution < -0.4 is 5.73 Å². The number of aromatic nitrogens is 2. The van der Waals surface area contributed by atoms with Crippen LogP contribution in [0.4, 0.5) is 5.95 Å². The molecule has 2 N–H and O–H groups in total. The van der Waals surface area contributed by atoms with E-state index >= 15 is 0 Å². The number of fused-ring (bicyclic) bond motifs is 1. The van der Waals surface area contributed by atoms with E-state index in [-0.39, 0.29) is 0 Å². The number of nitrogens with two attached hydrogens (primary N) is 1. The van der Waals surface area contributed by atoms with Gasteiger partial charge >= 0.3 is 0 Å². The van der Waals surface area contributed by atoms with Gasteiger partial charge in [-0.05, 0) is 19.1 Å². The first-order chi connectivity index (χ1) is 5.70. The highest BCUT2D eigenvalue weighted by Gasteiger charge is 2.05. The largest absolute Gasteiger partial charge is 0.369 e. The smallest absolute Gasteiger partial charge is 0.206 e. The lowest BCUT2D eigenvalue weighted by Crippen LogP contribution is -1.94. The summed E-state index contributed by atoms with van der Waals surface area (Å²) in [6.07, 6.45) is 0. The van der Waals surface area contributed by atoms with Gasteiger partial charge < -0.3 is 5.73 Å². The summed E-state index contributed by atoms with van der Waals surface area (Å²) in [6, 6.07) is 5.60. The lowest BCUT2D eigenvalue weighted by Gasteiger charge is -1.97. The first-order valence-electron chi connectivity index (χ1n) is 3.59. The first-order valence-corrected chi connectivity index (χ1v) is 3.97. The van der Waals surface area contributed by atoms with E-state index in [2.05, 4.69) is 4.98 Å². The van der Waals surface area contributed by atoms with Gasteiger partial charge in [0.1, 0.15) is 5.15 Å². The zero-order valence-corrected chi connectivity index (χ0v) is 7.34. The minimum Gasteiger partial charge on any atom is -0.369 e. The number of nitrogens with zero attached hydrogens (tertiary/aromatic N) is 2. The molecule has 62 valence electrons. The van der Waals surface area contributed by atoms with Crippen molar-refractivity contribution in [3.8, 4) is 0 Å². The molecule has 2 aromatic heterocycles. The second-order valence-corrected chi connectivity index (χ2v) is 3.01. The number of anilines is 1. The number of hydrogen-bond donors (Lipinski definition) is 1. The molecule has 0 aliphatic heterocycles. The number of hydrogen-bond acceptors (Lipinski definition) is 2. The molecule has 3 nitrogen and oxygen atoms in total. The summed E-state index contributed by atoms with van der Waals surface area (Å²) in [7, 11) is 0. The van der Waals surface area contributed by atoms with E-state index in [1.54, 1.807) is 10.5 Å². The van der Waals surface area contributed by atoms with Crippen molar-refractivity contribution in [2.45, 2.75) is 6.92 Å². The standard InChI is InChI=1S/C8H8ClN3/c1-5-6-3-2-4-7(9)12(6)8(10)11-5/h2-4H,1H3,(H2,10,11). The van der Waals surface area contributed by atoms with Crippen molar-refractivity contribution in [1.82, 2.24) is 9.38 Å². The number of aryl methyl sites for hydroxylation is 1. The topological polar surface area (TPSA) is 43.3 Å². The minimum atomic E-state index is 0.438. The first kappa shape index (κ1) is 7.43. The molecule has 0 saturated carbocycles. The normalized spacial score (nSPS) is 10.8. The van der Waals surface area contributed by atoms with E-state index < -0.39 is 0 Å². The van der Waals surface area contributed by atoms with Crippen molar-refractivity contribution < 1.29 is 0 Å². The van der Waals surface area contributed by atoms with Crippen LogP contribution in [0.15, 0.2) is 18.2 Å². The Hall–Kier alpha value is -1.22. The highest BCUT2D eigenvalue weighted by atomic mass is 35.5. The second kappa shape index (κ2) is 2.38. The van der Waals surface area contributed by atoms with Crippen LogP contribution in [-0.4, -0.2) is 9.38 Å². The van der Waals surface area contributed by atoms with Gasteiger partial charge in [0.15, 0.2) is 0 Å². The molecule has 0 bridgehead atoms. The van der Waals surface area contributed by atoms with Crippen LogP contribution in [0, 0.1) is 6.92 Å². The van der Waals surface area contributed by atoms with Crippen LogP contribution in [-0.2, 0) is 0 Å². The molecule has 4 heteroatoms. The maximum absolute atomic E-state index is 5.92. The Labute approximate surface area is 74.8 Å². The zero-order chi connectivity index (χ0) is 8.72. The van der Waals surface area contributed by atoms with Crippen LogP contribution in [0.3, 0.4) is 0 Å². The Kier molecular flexibility index (Phi) is 1.48.